The number of hydrogen-bond acceptors (Lipinski definition) is 8. The van der Waals surface area contributed by atoms with Crippen LogP contribution >= 0.6 is 11.8 Å². The molecule has 1 aromatic rings. The second-order valence-electron chi connectivity index (χ2n) is 5.19. The molecule has 1 fully saturated rings. The summed E-state index contributed by atoms with van der Waals surface area (Å²) in [6.07, 6.45) is -6.12. The van der Waals surface area contributed by atoms with Gasteiger partial charge in [-0.2, -0.15) is 0 Å². The molecule has 0 spiro atoms. The van der Waals surface area contributed by atoms with E-state index in [0.29, 0.717) is 5.56 Å². The van der Waals surface area contributed by atoms with Crippen LogP contribution < -0.4 is 34.7 Å². The van der Waals surface area contributed by atoms with E-state index in [4.69, 9.17) is 9.47 Å². The van der Waals surface area contributed by atoms with Crippen molar-refractivity contribution in [2.45, 2.75) is 36.0 Å². The molecule has 0 radical (unpaired) electrons. The molecule has 7 nitrogen and oxygen atoms in total. The molecule has 1 aliphatic rings. The Morgan fingerprint density at radius 3 is 2.42 bits per heavy atom. The van der Waals surface area contributed by atoms with Crippen LogP contribution in [0.2, 0.25) is 0 Å². The van der Waals surface area contributed by atoms with Gasteiger partial charge in [0.1, 0.15) is 18.3 Å². The van der Waals surface area contributed by atoms with Gasteiger partial charge >= 0.3 is 29.6 Å². The van der Waals surface area contributed by atoms with Crippen LogP contribution in [0.4, 0.5) is 0 Å². The zero-order valence-electron chi connectivity index (χ0n) is 13.4. The average molecular weight is 366 g/mol. The van der Waals surface area contributed by atoms with E-state index in [-0.39, 0.29) is 35.3 Å². The molecule has 1 aromatic carbocycles. The van der Waals surface area contributed by atoms with Crippen molar-refractivity contribution in [3.8, 4) is 0 Å². The zero-order valence-corrected chi connectivity index (χ0v) is 16.3. The quantitative estimate of drug-likeness (QED) is 0.433. The Morgan fingerprint density at radius 1 is 1.25 bits per heavy atom. The smallest absolute Gasteiger partial charge is 0.549 e. The molecular formula is C15H19NaO7S. The van der Waals surface area contributed by atoms with Crippen LogP contribution in [-0.2, 0) is 14.3 Å². The third-order valence-corrected chi connectivity index (χ3v) is 4.96. The molecule has 1 heterocycles. The number of carboxylic acid groups (broad SMARTS) is 1. The van der Waals surface area contributed by atoms with Crippen LogP contribution in [0.3, 0.4) is 0 Å². The molecule has 1 saturated heterocycles. The number of methoxy groups -OCH3 is 1. The second kappa shape index (κ2) is 10.1. The van der Waals surface area contributed by atoms with Gasteiger partial charge in [0.2, 0.25) is 0 Å². The van der Waals surface area contributed by atoms with Crippen molar-refractivity contribution in [3.05, 3.63) is 35.9 Å². The summed E-state index contributed by atoms with van der Waals surface area (Å²) in [7, 11) is 1.30. The van der Waals surface area contributed by atoms with E-state index >= 15 is 0 Å². The van der Waals surface area contributed by atoms with Crippen molar-refractivity contribution >= 4 is 17.7 Å². The summed E-state index contributed by atoms with van der Waals surface area (Å²) in [5.74, 6) is -1.17. The second-order valence-corrected chi connectivity index (χ2v) is 6.33. The number of carboxylic acids is 1. The molecule has 24 heavy (non-hydrogen) atoms. The van der Waals surface area contributed by atoms with E-state index in [2.05, 4.69) is 0 Å². The van der Waals surface area contributed by atoms with Crippen LogP contribution in [0.5, 0.6) is 0 Å². The predicted molar refractivity (Wildman–Crippen MR) is 80.3 cm³/mol. The van der Waals surface area contributed by atoms with Crippen molar-refractivity contribution in [3.63, 3.8) is 0 Å². The summed E-state index contributed by atoms with van der Waals surface area (Å²) in [6.45, 7) is 0. The molecule has 0 saturated carbocycles. The standard InChI is InChI=1S/C15H20O7S.Na/c1-21-15-12(18)11(17)10(16)9(22-15)7-23-13(14(19)20)8-5-3-2-4-6-8;/h2-6,9-13,15-18H,7H2,1H3,(H,19,20);/q;+1/p-1/t9-,10+,11+,12-,13?,15-;/m1./s1. The average Bonchev–Trinajstić information content (AvgIpc) is 2.55. The van der Waals surface area contributed by atoms with Crippen molar-refractivity contribution in [1.29, 1.82) is 0 Å². The van der Waals surface area contributed by atoms with E-state index in [0.717, 1.165) is 11.8 Å². The summed E-state index contributed by atoms with van der Waals surface area (Å²) in [5.41, 5.74) is 0.562. The number of carbonyl (C=O) groups excluding carboxylic acids is 1. The summed E-state index contributed by atoms with van der Waals surface area (Å²) in [4.78, 5) is 11.3. The van der Waals surface area contributed by atoms with Crippen LogP contribution in [-0.4, -0.2) is 64.9 Å². The van der Waals surface area contributed by atoms with Crippen molar-refractivity contribution in [1.82, 2.24) is 0 Å². The third kappa shape index (κ3) is 5.17. The number of thioether (sulfide) groups is 1. The Balaban J connectivity index is 0.00000288. The van der Waals surface area contributed by atoms with E-state index in [1.807, 2.05) is 0 Å². The molecule has 2 rings (SSSR count). The Hall–Kier alpha value is -0.160. The first-order chi connectivity index (χ1) is 11.0. The third-order valence-electron chi connectivity index (χ3n) is 3.64. The van der Waals surface area contributed by atoms with Gasteiger partial charge in [-0.15, -0.1) is 11.8 Å². The molecule has 3 N–H and O–H groups in total. The SMILES string of the molecule is CO[C@@H]1O[C@H](CSC(C(=O)[O-])c2ccccc2)[C@H](O)[C@H](O)[C@H]1O.[Na+]. The van der Waals surface area contributed by atoms with E-state index < -0.39 is 41.9 Å². The maximum absolute atomic E-state index is 11.3. The van der Waals surface area contributed by atoms with Crippen molar-refractivity contribution in [2.75, 3.05) is 12.9 Å². The summed E-state index contributed by atoms with van der Waals surface area (Å²) in [6, 6.07) is 8.55. The van der Waals surface area contributed by atoms with Crippen LogP contribution in [0.25, 0.3) is 0 Å². The van der Waals surface area contributed by atoms with Gasteiger partial charge in [0.25, 0.3) is 0 Å². The largest absolute Gasteiger partial charge is 1.00 e. The van der Waals surface area contributed by atoms with Gasteiger partial charge < -0.3 is 34.7 Å². The Labute approximate surface area is 166 Å². The van der Waals surface area contributed by atoms with Gasteiger partial charge in [0.05, 0.1) is 17.3 Å². The first-order valence-corrected chi connectivity index (χ1v) is 8.10. The van der Waals surface area contributed by atoms with E-state index in [1.54, 1.807) is 30.3 Å². The Bertz CT molecular complexity index is 516. The topological polar surface area (TPSA) is 119 Å². The summed E-state index contributed by atoms with van der Waals surface area (Å²) < 4.78 is 10.3. The minimum atomic E-state index is -1.43. The molecular weight excluding hydrogens is 347 g/mol. The van der Waals surface area contributed by atoms with Gasteiger partial charge in [-0.3, -0.25) is 0 Å². The molecule has 0 amide bonds. The van der Waals surface area contributed by atoms with Gasteiger partial charge in [-0.05, 0) is 5.56 Å². The fourth-order valence-corrected chi connectivity index (χ4v) is 3.51. The fraction of sp³-hybridized carbons (Fsp3) is 0.533. The zero-order chi connectivity index (χ0) is 17.0. The normalized spacial score (nSPS) is 31.1. The number of aliphatic carboxylic acids is 1. The fourth-order valence-electron chi connectivity index (χ4n) is 2.37. The molecule has 128 valence electrons. The van der Waals surface area contributed by atoms with Gasteiger partial charge in [-0.25, -0.2) is 0 Å². The maximum atomic E-state index is 11.3. The van der Waals surface area contributed by atoms with Crippen LogP contribution in [0.15, 0.2) is 30.3 Å². The van der Waals surface area contributed by atoms with Gasteiger partial charge in [0, 0.05) is 12.9 Å². The first-order valence-electron chi connectivity index (χ1n) is 7.05. The monoisotopic (exact) mass is 366 g/mol. The van der Waals surface area contributed by atoms with Gasteiger partial charge in [-0.1, -0.05) is 30.3 Å². The number of carbonyl (C=O) groups is 1. The molecule has 1 unspecified atom stereocenters. The van der Waals surface area contributed by atoms with Gasteiger partial charge in [0.15, 0.2) is 6.29 Å². The Kier molecular flexibility index (Phi) is 9.21. The summed E-state index contributed by atoms with van der Waals surface area (Å²) >= 11 is 1.01. The molecule has 0 aliphatic carbocycles. The van der Waals surface area contributed by atoms with Crippen molar-refractivity contribution < 1.29 is 64.3 Å². The minimum Gasteiger partial charge on any atom is -0.549 e. The number of hydrogen-bond donors (Lipinski definition) is 3. The molecule has 0 aromatic heterocycles. The number of rotatable bonds is 6. The predicted octanol–water partition coefficient (Wildman–Crippen LogP) is -4.33. The maximum Gasteiger partial charge on any atom is 1.00 e. The minimum absolute atomic E-state index is 0. The number of aliphatic hydroxyl groups excluding tert-OH is 3. The molecule has 9 heteroatoms. The summed E-state index contributed by atoms with van der Waals surface area (Å²) in [5, 5.41) is 39.9. The van der Waals surface area contributed by atoms with E-state index in [9.17, 15) is 25.2 Å². The van der Waals surface area contributed by atoms with E-state index in [1.165, 1.54) is 7.11 Å². The number of ether oxygens (including phenoxy) is 2. The first kappa shape index (κ1) is 21.9. The van der Waals surface area contributed by atoms with Crippen LogP contribution in [0, 0.1) is 0 Å². The molecule has 6 atom stereocenters. The molecule has 1 aliphatic heterocycles. The van der Waals surface area contributed by atoms with Crippen molar-refractivity contribution in [2.24, 2.45) is 0 Å². The number of benzene rings is 1. The number of aliphatic hydroxyl groups is 3. The van der Waals surface area contributed by atoms with Crippen LogP contribution in [0.1, 0.15) is 10.8 Å². The Morgan fingerprint density at radius 2 is 1.88 bits per heavy atom. The molecule has 0 bridgehead atoms.